The number of hydrogen-bond donors (Lipinski definition) is 1. The zero-order chi connectivity index (χ0) is 19.0. The second kappa shape index (κ2) is 6.96. The van der Waals surface area contributed by atoms with Crippen LogP contribution in [0, 0.1) is 5.82 Å². The number of benzene rings is 2. The Balaban J connectivity index is 1.56. The van der Waals surface area contributed by atoms with E-state index in [9.17, 15) is 9.18 Å². The molecule has 136 valence electrons. The van der Waals surface area contributed by atoms with Crippen molar-refractivity contribution >= 4 is 27.4 Å². The summed E-state index contributed by atoms with van der Waals surface area (Å²) in [6.07, 6.45) is 1.81. The zero-order valence-corrected chi connectivity index (χ0v) is 15.8. The molecule has 0 aliphatic heterocycles. The van der Waals surface area contributed by atoms with Crippen molar-refractivity contribution in [3.8, 4) is 11.1 Å². The Morgan fingerprint density at radius 2 is 1.81 bits per heavy atom. The molecule has 0 radical (unpaired) electrons. The number of pyridine rings is 1. The number of hydrogen-bond acceptors (Lipinski definition) is 4. The molecule has 0 amide bonds. The molecule has 0 bridgehead atoms. The first-order chi connectivity index (χ1) is 13.0. The third-order valence-corrected chi connectivity index (χ3v) is 5.64. The smallest absolute Gasteiger partial charge is 0.307 e. The maximum atomic E-state index is 13.1. The molecule has 6 heteroatoms. The van der Waals surface area contributed by atoms with Crippen LogP contribution in [0.5, 0.6) is 0 Å². The van der Waals surface area contributed by atoms with Gasteiger partial charge in [0, 0.05) is 24.8 Å². The number of anilines is 1. The lowest BCUT2D eigenvalue weighted by atomic mass is 10.1. The van der Waals surface area contributed by atoms with Crippen LogP contribution in [0.1, 0.15) is 18.5 Å². The number of rotatable bonds is 4. The highest BCUT2D eigenvalue weighted by atomic mass is 32.1. The highest BCUT2D eigenvalue weighted by Gasteiger charge is 2.09. The molecule has 2 aromatic carbocycles. The second-order valence-corrected chi connectivity index (χ2v) is 7.45. The molecule has 27 heavy (non-hydrogen) atoms. The molecule has 0 spiro atoms. The minimum Gasteiger partial charge on any atom is -0.364 e. The predicted octanol–water partition coefficient (Wildman–Crippen LogP) is 4.97. The minimum atomic E-state index is -0.242. The second-order valence-electron chi connectivity index (χ2n) is 6.46. The molecule has 2 heterocycles. The van der Waals surface area contributed by atoms with Gasteiger partial charge in [-0.1, -0.05) is 29.5 Å². The highest BCUT2D eigenvalue weighted by molar-refractivity contribution is 7.16. The molecule has 0 unspecified atom stereocenters. The average Bonchev–Trinajstić information content (AvgIpc) is 2.96. The molecule has 1 N–H and O–H groups in total. The van der Waals surface area contributed by atoms with Crippen LogP contribution in [0.3, 0.4) is 0 Å². The molecular formula is C21H18FN3OS. The molecule has 4 rings (SSSR count). The van der Waals surface area contributed by atoms with E-state index in [0.717, 1.165) is 32.7 Å². The van der Waals surface area contributed by atoms with Gasteiger partial charge >= 0.3 is 4.87 Å². The predicted molar refractivity (Wildman–Crippen MR) is 109 cm³/mol. The normalized spacial score (nSPS) is 12.3. The quantitative estimate of drug-likeness (QED) is 0.544. The van der Waals surface area contributed by atoms with Crippen molar-refractivity contribution < 1.29 is 4.39 Å². The Morgan fingerprint density at radius 1 is 1.07 bits per heavy atom. The Hall–Kier alpha value is -2.99. The van der Waals surface area contributed by atoms with Gasteiger partial charge in [-0.3, -0.25) is 4.79 Å². The number of fused-ring (bicyclic) bond motifs is 1. The van der Waals surface area contributed by atoms with Crippen molar-refractivity contribution in [3.63, 3.8) is 0 Å². The van der Waals surface area contributed by atoms with Gasteiger partial charge in [0.2, 0.25) is 0 Å². The first-order valence-electron chi connectivity index (χ1n) is 8.59. The minimum absolute atomic E-state index is 0.0145. The number of halogens is 1. The highest BCUT2D eigenvalue weighted by Crippen LogP contribution is 2.26. The first kappa shape index (κ1) is 17.4. The van der Waals surface area contributed by atoms with E-state index in [-0.39, 0.29) is 16.7 Å². The van der Waals surface area contributed by atoms with Gasteiger partial charge in [0.1, 0.15) is 11.6 Å². The first-order valence-corrected chi connectivity index (χ1v) is 9.41. The molecule has 1 atom stereocenters. The molecule has 4 aromatic rings. The summed E-state index contributed by atoms with van der Waals surface area (Å²) >= 11 is 1.25. The van der Waals surface area contributed by atoms with Crippen molar-refractivity contribution in [2.24, 2.45) is 7.05 Å². The zero-order valence-electron chi connectivity index (χ0n) is 14.9. The molecule has 2 aromatic heterocycles. The van der Waals surface area contributed by atoms with Crippen LogP contribution in [-0.4, -0.2) is 9.55 Å². The Morgan fingerprint density at radius 3 is 2.52 bits per heavy atom. The van der Waals surface area contributed by atoms with Gasteiger partial charge in [-0.25, -0.2) is 9.37 Å². The Kier molecular flexibility index (Phi) is 4.49. The number of aryl methyl sites for hydroxylation is 1. The Bertz CT molecular complexity index is 1150. The number of nitrogens with zero attached hydrogens (tertiary/aromatic N) is 2. The fraction of sp³-hybridized carbons (Fsp3) is 0.143. The van der Waals surface area contributed by atoms with E-state index in [0.29, 0.717) is 0 Å². The molecular weight excluding hydrogens is 361 g/mol. The van der Waals surface area contributed by atoms with Crippen LogP contribution in [0.4, 0.5) is 10.2 Å². The van der Waals surface area contributed by atoms with Gasteiger partial charge in [-0.15, -0.1) is 0 Å². The Labute approximate surface area is 159 Å². The van der Waals surface area contributed by atoms with Crippen LogP contribution < -0.4 is 10.2 Å². The van der Waals surface area contributed by atoms with Crippen molar-refractivity contribution in [1.82, 2.24) is 9.55 Å². The van der Waals surface area contributed by atoms with Gasteiger partial charge in [-0.2, -0.15) is 0 Å². The standard InChI is InChI=1S/C21H18FN3OS/c1-13(14-3-7-17(22)8-4-14)24-20-10-6-16(12-23-20)15-5-9-19-18(11-15)25(2)21(26)27-19/h3-13H,1-2H3,(H,23,24)/t13-/m1/s1. The van der Waals surface area contributed by atoms with Gasteiger partial charge < -0.3 is 9.88 Å². The average molecular weight is 379 g/mol. The van der Waals surface area contributed by atoms with E-state index in [1.165, 1.54) is 23.5 Å². The van der Waals surface area contributed by atoms with Crippen molar-refractivity contribution in [2.45, 2.75) is 13.0 Å². The number of thiazole rings is 1. The molecule has 0 saturated heterocycles. The van der Waals surface area contributed by atoms with Gasteiger partial charge in [0.15, 0.2) is 0 Å². The third-order valence-electron chi connectivity index (χ3n) is 4.62. The summed E-state index contributed by atoms with van der Waals surface area (Å²) in [6, 6.07) is 16.4. The molecule has 0 saturated carbocycles. The molecule has 0 aliphatic rings. The van der Waals surface area contributed by atoms with Crippen LogP contribution in [0.2, 0.25) is 0 Å². The fourth-order valence-electron chi connectivity index (χ4n) is 3.01. The van der Waals surface area contributed by atoms with E-state index < -0.39 is 0 Å². The summed E-state index contributed by atoms with van der Waals surface area (Å²) in [5.41, 5.74) is 3.91. The maximum Gasteiger partial charge on any atom is 0.307 e. The monoisotopic (exact) mass is 379 g/mol. The van der Waals surface area contributed by atoms with Crippen LogP contribution in [-0.2, 0) is 7.05 Å². The van der Waals surface area contributed by atoms with Gasteiger partial charge in [0.25, 0.3) is 0 Å². The molecule has 0 fully saturated rings. The van der Waals surface area contributed by atoms with Crippen molar-refractivity contribution in [1.29, 1.82) is 0 Å². The largest absolute Gasteiger partial charge is 0.364 e. The van der Waals surface area contributed by atoms with Crippen LogP contribution in [0.25, 0.3) is 21.3 Å². The van der Waals surface area contributed by atoms with E-state index >= 15 is 0 Å². The van der Waals surface area contributed by atoms with E-state index in [1.54, 1.807) is 23.7 Å². The van der Waals surface area contributed by atoms with Gasteiger partial charge in [-0.05, 0) is 54.4 Å². The third kappa shape index (κ3) is 3.48. The topological polar surface area (TPSA) is 46.9 Å². The van der Waals surface area contributed by atoms with E-state index in [2.05, 4.69) is 10.3 Å². The molecule has 4 nitrogen and oxygen atoms in total. The van der Waals surface area contributed by atoms with Gasteiger partial charge in [0.05, 0.1) is 10.2 Å². The summed E-state index contributed by atoms with van der Waals surface area (Å²) in [6.45, 7) is 2.01. The van der Waals surface area contributed by atoms with Crippen LogP contribution in [0.15, 0.2) is 65.6 Å². The maximum absolute atomic E-state index is 13.1. The summed E-state index contributed by atoms with van der Waals surface area (Å²) in [5, 5.41) is 3.32. The SMILES string of the molecule is C[C@@H](Nc1ccc(-c2ccc3sc(=O)n(C)c3c2)cn1)c1ccc(F)cc1. The van der Waals surface area contributed by atoms with Crippen molar-refractivity contribution in [2.75, 3.05) is 5.32 Å². The van der Waals surface area contributed by atoms with E-state index in [1.807, 2.05) is 43.5 Å². The summed E-state index contributed by atoms with van der Waals surface area (Å²) < 4.78 is 15.7. The lowest BCUT2D eigenvalue weighted by Gasteiger charge is -2.15. The van der Waals surface area contributed by atoms with Crippen molar-refractivity contribution in [3.05, 3.63) is 81.8 Å². The summed E-state index contributed by atoms with van der Waals surface area (Å²) in [5.74, 6) is 0.508. The lowest BCUT2D eigenvalue weighted by molar-refractivity contribution is 0.626. The fourth-order valence-corrected chi connectivity index (χ4v) is 3.87. The van der Waals surface area contributed by atoms with Crippen LogP contribution >= 0.6 is 11.3 Å². The number of nitrogens with one attached hydrogen (secondary N) is 1. The number of aromatic nitrogens is 2. The summed E-state index contributed by atoms with van der Waals surface area (Å²) in [7, 11) is 1.78. The lowest BCUT2D eigenvalue weighted by Crippen LogP contribution is -2.07. The van der Waals surface area contributed by atoms with E-state index in [4.69, 9.17) is 0 Å². The molecule has 0 aliphatic carbocycles. The summed E-state index contributed by atoms with van der Waals surface area (Å²) in [4.78, 5) is 16.3.